The van der Waals surface area contributed by atoms with Crippen molar-refractivity contribution in [2.75, 3.05) is 6.61 Å². The topological polar surface area (TPSA) is 77.4 Å². The number of hydrogen-bond donors (Lipinski definition) is 2. The van der Waals surface area contributed by atoms with Crippen LogP contribution in [0.4, 0.5) is 13.2 Å². The van der Waals surface area contributed by atoms with E-state index in [9.17, 15) is 23.4 Å². The number of benzene rings is 7. The van der Waals surface area contributed by atoms with Crippen LogP contribution in [0.2, 0.25) is 0 Å². The van der Waals surface area contributed by atoms with Gasteiger partial charge in [-0.25, -0.2) is 13.2 Å². The minimum absolute atomic E-state index is 0.0223. The summed E-state index contributed by atoms with van der Waals surface area (Å²) in [5.41, 5.74) is 3.68. The molecule has 0 amide bonds. The Morgan fingerprint density at radius 1 is 0.458 bits per heavy atom. The van der Waals surface area contributed by atoms with Gasteiger partial charge >= 0.3 is 0 Å². The first-order valence-corrected chi connectivity index (χ1v) is 18.6. The highest BCUT2D eigenvalue weighted by atomic mass is 19.1. The molecule has 0 bridgehead atoms. The summed E-state index contributed by atoms with van der Waals surface area (Å²) in [6.07, 6.45) is 5.22. The summed E-state index contributed by atoms with van der Waals surface area (Å²) in [6.45, 7) is 6.37. The molecule has 7 aromatic carbocycles. The summed E-state index contributed by atoms with van der Waals surface area (Å²) in [5, 5.41) is 19.2. The van der Waals surface area contributed by atoms with E-state index < -0.39 is 28.3 Å². The zero-order valence-corrected chi connectivity index (χ0v) is 32.4. The highest BCUT2D eigenvalue weighted by Gasteiger charge is 2.33. The highest BCUT2D eigenvalue weighted by molar-refractivity contribution is 5.54. The third-order valence-corrected chi connectivity index (χ3v) is 10.4. The molecule has 6 nitrogen and oxygen atoms in total. The fourth-order valence-corrected chi connectivity index (χ4v) is 6.84. The smallest absolute Gasteiger partial charge is 0.169 e. The molecule has 0 atom stereocenters. The zero-order valence-electron chi connectivity index (χ0n) is 32.4. The highest BCUT2D eigenvalue weighted by Crippen LogP contribution is 2.43. The maximum atomic E-state index is 14.7. The molecule has 0 spiro atoms. The van der Waals surface area contributed by atoms with Crippen LogP contribution in [-0.4, -0.2) is 16.8 Å². The molecule has 0 radical (unpaired) electrons. The van der Waals surface area contributed by atoms with Gasteiger partial charge < -0.3 is 29.2 Å². The van der Waals surface area contributed by atoms with Crippen molar-refractivity contribution in [2.24, 2.45) is 0 Å². The normalized spacial score (nSPS) is 11.4. The monoisotopic (exact) mass is 792 g/mol. The van der Waals surface area contributed by atoms with Crippen molar-refractivity contribution in [1.29, 1.82) is 0 Å². The number of phenolic OH excluding ortho intramolecular Hbond substituents is 2. The van der Waals surface area contributed by atoms with Crippen molar-refractivity contribution in [3.05, 3.63) is 197 Å². The van der Waals surface area contributed by atoms with Crippen LogP contribution in [0.3, 0.4) is 0 Å². The van der Waals surface area contributed by atoms with E-state index in [0.717, 1.165) is 39.9 Å². The molecule has 0 aliphatic heterocycles. The predicted molar refractivity (Wildman–Crippen MR) is 221 cm³/mol. The van der Waals surface area contributed by atoms with Gasteiger partial charge in [0.25, 0.3) is 0 Å². The van der Waals surface area contributed by atoms with Gasteiger partial charge in [-0.3, -0.25) is 0 Å². The van der Waals surface area contributed by atoms with E-state index in [0.29, 0.717) is 23.0 Å². The molecule has 0 aliphatic carbocycles. The zero-order chi connectivity index (χ0) is 41.7. The third-order valence-electron chi connectivity index (χ3n) is 10.4. The van der Waals surface area contributed by atoms with Gasteiger partial charge in [-0.15, -0.1) is 6.42 Å². The van der Waals surface area contributed by atoms with Gasteiger partial charge in [-0.2, -0.15) is 0 Å². The molecule has 296 valence electrons. The van der Waals surface area contributed by atoms with Crippen LogP contribution in [0.1, 0.15) is 48.6 Å². The number of terminal acetylenes is 1. The summed E-state index contributed by atoms with van der Waals surface area (Å²) in [7, 11) is 0. The standard InChI is InChI=1S/C50H39F3O6/c1-5-28-56-42-24-27-48(45(53)31-42)59-39-18-10-33(11-19-39)49(2,3)32-6-8-34(9-7-32)50(4,35-12-20-40(21-13-35)57-46-25-16-37(54)29-43(46)51)36-14-22-41(23-15-36)58-47-26-17-38(55)30-44(47)52/h1,6-27,29-31,54-55H,28H2,2-4H3. The van der Waals surface area contributed by atoms with Crippen molar-refractivity contribution < 1.29 is 42.3 Å². The van der Waals surface area contributed by atoms with Crippen molar-refractivity contribution in [2.45, 2.75) is 31.6 Å². The van der Waals surface area contributed by atoms with E-state index >= 15 is 0 Å². The van der Waals surface area contributed by atoms with Crippen molar-refractivity contribution >= 4 is 0 Å². The van der Waals surface area contributed by atoms with E-state index in [2.05, 4.69) is 51.0 Å². The van der Waals surface area contributed by atoms with Crippen LogP contribution in [0.5, 0.6) is 51.7 Å². The van der Waals surface area contributed by atoms with Crippen LogP contribution in [-0.2, 0) is 10.8 Å². The quantitative estimate of drug-likeness (QED) is 0.0894. The lowest BCUT2D eigenvalue weighted by atomic mass is 9.70. The first-order chi connectivity index (χ1) is 28.3. The summed E-state index contributed by atoms with van der Waals surface area (Å²) >= 11 is 0. The Bertz CT molecular complexity index is 2520. The largest absolute Gasteiger partial charge is 0.508 e. The molecule has 0 saturated heterocycles. The second-order valence-electron chi connectivity index (χ2n) is 14.5. The minimum atomic E-state index is -0.729. The molecule has 0 aromatic heterocycles. The van der Waals surface area contributed by atoms with Gasteiger partial charge in [0.15, 0.2) is 34.7 Å². The molecule has 2 N–H and O–H groups in total. The molecule has 0 heterocycles. The second kappa shape index (κ2) is 16.7. The molecule has 9 heteroatoms. The molecular formula is C50H39F3O6. The number of rotatable bonds is 13. The van der Waals surface area contributed by atoms with Crippen LogP contribution in [0.15, 0.2) is 152 Å². The number of ether oxygens (including phenoxy) is 4. The average Bonchev–Trinajstić information content (AvgIpc) is 3.23. The molecule has 0 aliphatic rings. The SMILES string of the molecule is C#CCOc1ccc(Oc2ccc(C(C)(C)c3ccc(C(C)(c4ccc(Oc5ccc(O)cc5F)cc4)c4ccc(Oc5ccc(O)cc5F)cc4)cc3)cc2)c(F)c1. The summed E-state index contributed by atoms with van der Waals surface area (Å²) in [4.78, 5) is 0. The Morgan fingerprint density at radius 3 is 1.15 bits per heavy atom. The molecular weight excluding hydrogens is 754 g/mol. The lowest BCUT2D eigenvalue weighted by Gasteiger charge is -2.33. The summed E-state index contributed by atoms with van der Waals surface area (Å²) in [6, 6.07) is 42.3. The summed E-state index contributed by atoms with van der Waals surface area (Å²) in [5.74, 6) is 1.61. The van der Waals surface area contributed by atoms with E-state index in [1.165, 1.54) is 36.4 Å². The number of hydrogen-bond acceptors (Lipinski definition) is 6. The first-order valence-electron chi connectivity index (χ1n) is 18.6. The fourth-order valence-electron chi connectivity index (χ4n) is 6.84. The van der Waals surface area contributed by atoms with E-state index in [4.69, 9.17) is 25.4 Å². The van der Waals surface area contributed by atoms with Crippen LogP contribution in [0, 0.1) is 29.8 Å². The van der Waals surface area contributed by atoms with E-state index in [1.54, 1.807) is 42.5 Å². The third kappa shape index (κ3) is 8.68. The van der Waals surface area contributed by atoms with Crippen molar-refractivity contribution in [3.63, 3.8) is 0 Å². The Morgan fingerprint density at radius 2 is 0.780 bits per heavy atom. The van der Waals surface area contributed by atoms with Crippen molar-refractivity contribution in [3.8, 4) is 64.1 Å². The Balaban J connectivity index is 1.16. The lowest BCUT2D eigenvalue weighted by Crippen LogP contribution is -2.26. The van der Waals surface area contributed by atoms with Gasteiger partial charge in [-0.1, -0.05) is 80.4 Å². The maximum absolute atomic E-state index is 14.7. The number of phenols is 2. The maximum Gasteiger partial charge on any atom is 0.169 e. The van der Waals surface area contributed by atoms with Gasteiger partial charge in [0.2, 0.25) is 0 Å². The molecule has 7 rings (SSSR count). The van der Waals surface area contributed by atoms with Crippen molar-refractivity contribution in [1.82, 2.24) is 0 Å². The Kier molecular flexibility index (Phi) is 11.3. The minimum Gasteiger partial charge on any atom is -0.508 e. The van der Waals surface area contributed by atoms with Gasteiger partial charge in [0.05, 0.1) is 0 Å². The van der Waals surface area contributed by atoms with Gasteiger partial charge in [-0.05, 0) is 108 Å². The Labute approximate surface area is 340 Å². The molecule has 0 fully saturated rings. The fraction of sp³-hybridized carbons (Fsp3) is 0.120. The van der Waals surface area contributed by atoms with Crippen LogP contribution in [0.25, 0.3) is 0 Å². The molecule has 7 aromatic rings. The van der Waals surface area contributed by atoms with Crippen LogP contribution < -0.4 is 18.9 Å². The Hall–Kier alpha value is -7.31. The molecule has 0 unspecified atom stereocenters. The van der Waals surface area contributed by atoms with Crippen LogP contribution >= 0.6 is 0 Å². The molecule has 0 saturated carbocycles. The van der Waals surface area contributed by atoms with E-state index in [1.807, 2.05) is 36.4 Å². The predicted octanol–water partition coefficient (Wildman–Crippen LogP) is 12.6. The molecule has 59 heavy (non-hydrogen) atoms. The van der Waals surface area contributed by atoms with Gasteiger partial charge in [0, 0.05) is 29.0 Å². The average molecular weight is 793 g/mol. The first kappa shape index (κ1) is 39.9. The summed E-state index contributed by atoms with van der Waals surface area (Å²) < 4.78 is 66.4. The second-order valence-corrected chi connectivity index (χ2v) is 14.5. The number of aromatic hydroxyl groups is 2. The van der Waals surface area contributed by atoms with Gasteiger partial charge in [0.1, 0.15) is 41.1 Å². The number of halogens is 3. The van der Waals surface area contributed by atoms with E-state index in [-0.39, 0.29) is 35.4 Å². The lowest BCUT2D eigenvalue weighted by molar-refractivity contribution is 0.364.